The summed E-state index contributed by atoms with van der Waals surface area (Å²) in [6.07, 6.45) is 1.39. The lowest BCUT2D eigenvalue weighted by molar-refractivity contribution is -0.147. The highest BCUT2D eigenvalue weighted by Crippen LogP contribution is 2.40. The van der Waals surface area contributed by atoms with Gasteiger partial charge in [0.1, 0.15) is 0 Å². The Kier molecular flexibility index (Phi) is 4.01. The number of carbonyl (C=O) groups is 2. The Hall–Kier alpha value is -2.10. The minimum atomic E-state index is -0.159. The van der Waals surface area contributed by atoms with Gasteiger partial charge in [-0.25, -0.2) is 0 Å². The van der Waals surface area contributed by atoms with Crippen LogP contribution in [0.5, 0.6) is 0 Å². The number of hydrogen-bond donors (Lipinski definition) is 0. The second-order valence-corrected chi connectivity index (χ2v) is 6.11. The average molecular weight is 299 g/mol. The molecule has 0 N–H and O–H groups in total. The van der Waals surface area contributed by atoms with Crippen LogP contribution in [0.1, 0.15) is 25.3 Å². The van der Waals surface area contributed by atoms with Gasteiger partial charge in [-0.1, -0.05) is 37.3 Å². The number of methoxy groups -OCH3 is 1. The minimum absolute atomic E-state index is 0.0842. The second-order valence-electron chi connectivity index (χ2n) is 6.11. The number of esters is 1. The van der Waals surface area contributed by atoms with Crippen LogP contribution in [0.25, 0.3) is 0 Å². The van der Waals surface area contributed by atoms with Crippen LogP contribution >= 0.6 is 0 Å². The van der Waals surface area contributed by atoms with Gasteiger partial charge >= 0.3 is 5.97 Å². The highest BCUT2D eigenvalue weighted by atomic mass is 16.5. The topological polar surface area (TPSA) is 46.6 Å². The van der Waals surface area contributed by atoms with Crippen LogP contribution in [0.2, 0.25) is 0 Å². The van der Waals surface area contributed by atoms with Gasteiger partial charge in [0.15, 0.2) is 0 Å². The van der Waals surface area contributed by atoms with E-state index in [9.17, 15) is 9.59 Å². The summed E-state index contributed by atoms with van der Waals surface area (Å²) in [6, 6.07) is 10.0. The number of rotatable bonds is 3. The molecule has 0 bridgehead atoms. The lowest BCUT2D eigenvalue weighted by atomic mass is 9.77. The van der Waals surface area contributed by atoms with Gasteiger partial charge in [0.25, 0.3) is 0 Å². The van der Waals surface area contributed by atoms with Gasteiger partial charge in [0.05, 0.1) is 13.0 Å². The summed E-state index contributed by atoms with van der Waals surface area (Å²) < 4.78 is 4.90. The van der Waals surface area contributed by atoms with Crippen molar-refractivity contribution in [2.75, 3.05) is 13.7 Å². The second kappa shape index (κ2) is 5.95. The van der Waals surface area contributed by atoms with E-state index in [0.717, 1.165) is 16.7 Å². The molecule has 3 rings (SSSR count). The molecule has 116 valence electrons. The summed E-state index contributed by atoms with van der Waals surface area (Å²) >= 11 is 0. The van der Waals surface area contributed by atoms with Gasteiger partial charge in [-0.15, -0.1) is 0 Å². The molecule has 4 heteroatoms. The Morgan fingerprint density at radius 1 is 1.32 bits per heavy atom. The standard InChI is InChI=1S/C18H21NO3/c1-12-14(18(21)22-2)8-9-15-16(12)11-19(17(15)20)10-13-6-4-3-5-7-13/h3-7,12,14H,8-11H2,1-2H3/t12-,14+/m1/s1. The predicted molar refractivity (Wildman–Crippen MR) is 82.8 cm³/mol. The maximum Gasteiger partial charge on any atom is 0.309 e. The zero-order valence-electron chi connectivity index (χ0n) is 13.0. The van der Waals surface area contributed by atoms with E-state index in [1.54, 1.807) is 0 Å². The molecule has 1 heterocycles. The summed E-state index contributed by atoms with van der Waals surface area (Å²) in [7, 11) is 1.43. The molecule has 0 saturated heterocycles. The smallest absolute Gasteiger partial charge is 0.309 e. The molecule has 0 radical (unpaired) electrons. The molecule has 1 aromatic rings. The molecule has 1 aliphatic carbocycles. The first-order valence-electron chi connectivity index (χ1n) is 7.74. The third-order valence-corrected chi connectivity index (χ3v) is 4.87. The van der Waals surface area contributed by atoms with E-state index in [0.29, 0.717) is 25.9 Å². The van der Waals surface area contributed by atoms with E-state index in [1.165, 1.54) is 7.11 Å². The van der Waals surface area contributed by atoms with Crippen LogP contribution in [0, 0.1) is 11.8 Å². The lowest BCUT2D eigenvalue weighted by Crippen LogP contribution is -2.29. The van der Waals surface area contributed by atoms with E-state index in [-0.39, 0.29) is 23.7 Å². The number of carbonyl (C=O) groups excluding carboxylic acids is 2. The highest BCUT2D eigenvalue weighted by molar-refractivity contribution is 5.97. The van der Waals surface area contributed by atoms with Crippen LogP contribution in [-0.2, 0) is 20.9 Å². The third-order valence-electron chi connectivity index (χ3n) is 4.87. The molecule has 1 aliphatic heterocycles. The van der Waals surface area contributed by atoms with Gasteiger partial charge < -0.3 is 9.64 Å². The van der Waals surface area contributed by atoms with Gasteiger partial charge in [-0.3, -0.25) is 9.59 Å². The van der Waals surface area contributed by atoms with Crippen molar-refractivity contribution in [3.05, 3.63) is 47.0 Å². The van der Waals surface area contributed by atoms with Gasteiger partial charge in [-0.2, -0.15) is 0 Å². The summed E-state index contributed by atoms with van der Waals surface area (Å²) in [6.45, 7) is 3.30. The summed E-state index contributed by atoms with van der Waals surface area (Å²) in [4.78, 5) is 26.3. The van der Waals surface area contributed by atoms with E-state index >= 15 is 0 Å². The lowest BCUT2D eigenvalue weighted by Gasteiger charge is -2.27. The molecule has 1 aromatic carbocycles. The summed E-state index contributed by atoms with van der Waals surface area (Å²) in [5, 5.41) is 0. The van der Waals surface area contributed by atoms with Crippen LogP contribution in [0.4, 0.5) is 0 Å². The fourth-order valence-electron chi connectivity index (χ4n) is 3.58. The largest absolute Gasteiger partial charge is 0.469 e. The quantitative estimate of drug-likeness (QED) is 0.806. The first-order chi connectivity index (χ1) is 10.6. The number of amides is 1. The van der Waals surface area contributed by atoms with E-state index < -0.39 is 0 Å². The monoisotopic (exact) mass is 299 g/mol. The predicted octanol–water partition coefficient (Wildman–Crippen LogP) is 2.54. The fourth-order valence-corrected chi connectivity index (χ4v) is 3.58. The molecule has 0 saturated carbocycles. The summed E-state index contributed by atoms with van der Waals surface area (Å²) in [5.41, 5.74) is 3.18. The molecule has 2 atom stereocenters. The van der Waals surface area contributed by atoms with E-state index in [4.69, 9.17) is 4.74 Å². The number of ether oxygens (including phenoxy) is 1. The van der Waals surface area contributed by atoms with Crippen molar-refractivity contribution in [2.45, 2.75) is 26.3 Å². The summed E-state index contributed by atoms with van der Waals surface area (Å²) in [5.74, 6) is -0.0591. The molecule has 4 nitrogen and oxygen atoms in total. The Balaban J connectivity index is 1.76. The van der Waals surface area contributed by atoms with Crippen molar-refractivity contribution >= 4 is 11.9 Å². The minimum Gasteiger partial charge on any atom is -0.469 e. The Bertz CT molecular complexity index is 620. The average Bonchev–Trinajstić information content (AvgIpc) is 2.86. The molecule has 22 heavy (non-hydrogen) atoms. The normalized spacial score (nSPS) is 24.5. The maximum absolute atomic E-state index is 12.6. The van der Waals surface area contributed by atoms with E-state index in [1.807, 2.05) is 42.2 Å². The number of hydrogen-bond acceptors (Lipinski definition) is 3. The van der Waals surface area contributed by atoms with E-state index in [2.05, 4.69) is 0 Å². The molecule has 0 aromatic heterocycles. The van der Waals surface area contributed by atoms with Crippen molar-refractivity contribution < 1.29 is 14.3 Å². The molecule has 0 fully saturated rings. The fraction of sp³-hybridized carbons (Fsp3) is 0.444. The molecule has 0 spiro atoms. The van der Waals surface area contributed by atoms with Crippen molar-refractivity contribution in [2.24, 2.45) is 11.8 Å². The molecule has 1 amide bonds. The van der Waals surface area contributed by atoms with Crippen LogP contribution in [0.3, 0.4) is 0 Å². The molecular formula is C18H21NO3. The Morgan fingerprint density at radius 3 is 2.73 bits per heavy atom. The van der Waals surface area contributed by atoms with Crippen molar-refractivity contribution in [1.29, 1.82) is 0 Å². The maximum atomic E-state index is 12.6. The van der Waals surface area contributed by atoms with Crippen LogP contribution in [-0.4, -0.2) is 30.4 Å². The highest BCUT2D eigenvalue weighted by Gasteiger charge is 2.41. The first-order valence-corrected chi connectivity index (χ1v) is 7.74. The number of benzene rings is 1. The zero-order valence-corrected chi connectivity index (χ0v) is 13.0. The number of nitrogens with zero attached hydrogens (tertiary/aromatic N) is 1. The zero-order chi connectivity index (χ0) is 15.7. The van der Waals surface area contributed by atoms with Gasteiger partial charge in [0.2, 0.25) is 5.91 Å². The van der Waals surface area contributed by atoms with Crippen molar-refractivity contribution in [3.8, 4) is 0 Å². The van der Waals surface area contributed by atoms with Crippen molar-refractivity contribution in [1.82, 2.24) is 4.90 Å². The Labute approximate surface area is 130 Å². The SMILES string of the molecule is COC(=O)[C@H]1CCC2=C(CN(Cc3ccccc3)C2=O)[C@@H]1C. The van der Waals surface area contributed by atoms with Crippen LogP contribution in [0.15, 0.2) is 41.5 Å². The molecule has 0 unspecified atom stereocenters. The first kappa shape index (κ1) is 14.8. The van der Waals surface area contributed by atoms with Crippen molar-refractivity contribution in [3.63, 3.8) is 0 Å². The Morgan fingerprint density at radius 2 is 2.05 bits per heavy atom. The molecule has 2 aliphatic rings. The van der Waals surface area contributed by atoms with Gasteiger partial charge in [0, 0.05) is 18.7 Å². The molecular weight excluding hydrogens is 278 g/mol. The third kappa shape index (κ3) is 2.54. The van der Waals surface area contributed by atoms with Crippen LogP contribution < -0.4 is 0 Å². The van der Waals surface area contributed by atoms with Gasteiger partial charge in [-0.05, 0) is 29.9 Å².